The molecule has 0 aliphatic rings. The standard InChI is InChI=1S/C26H22N2O3S/c1-19-10-5-7-16-24(19)28-32(30,31)22-14-9-13-21(18-22)26(29)27-25-17-8-6-15-23(25)20-11-3-2-4-12-20/h2-18,28H,1H3,(H,27,29). The first-order valence-electron chi connectivity index (χ1n) is 10.1. The Kier molecular flexibility index (Phi) is 6.05. The van der Waals surface area contributed by atoms with Gasteiger partial charge in [-0.25, -0.2) is 8.42 Å². The van der Waals surface area contributed by atoms with E-state index in [9.17, 15) is 13.2 Å². The number of aryl methyl sites for hydroxylation is 1. The summed E-state index contributed by atoms with van der Waals surface area (Å²) < 4.78 is 28.4. The fourth-order valence-electron chi connectivity index (χ4n) is 3.35. The summed E-state index contributed by atoms with van der Waals surface area (Å²) in [5, 5.41) is 2.91. The molecule has 0 aliphatic heterocycles. The lowest BCUT2D eigenvalue weighted by atomic mass is 10.0. The third kappa shape index (κ3) is 4.71. The second-order valence-electron chi connectivity index (χ2n) is 7.31. The van der Waals surface area contributed by atoms with Crippen LogP contribution >= 0.6 is 0 Å². The third-order valence-corrected chi connectivity index (χ3v) is 6.42. The van der Waals surface area contributed by atoms with Crippen molar-refractivity contribution >= 4 is 27.3 Å². The highest BCUT2D eigenvalue weighted by molar-refractivity contribution is 7.92. The van der Waals surface area contributed by atoms with E-state index in [1.165, 1.54) is 12.1 Å². The maximum Gasteiger partial charge on any atom is 0.261 e. The van der Waals surface area contributed by atoms with E-state index in [1.54, 1.807) is 24.3 Å². The summed E-state index contributed by atoms with van der Waals surface area (Å²) in [6.45, 7) is 1.83. The van der Waals surface area contributed by atoms with Gasteiger partial charge in [-0.15, -0.1) is 0 Å². The number of anilines is 2. The highest BCUT2D eigenvalue weighted by Crippen LogP contribution is 2.28. The Balaban J connectivity index is 1.60. The molecule has 5 nitrogen and oxygen atoms in total. The summed E-state index contributed by atoms with van der Waals surface area (Å²) in [4.78, 5) is 13.0. The molecule has 0 aromatic heterocycles. The third-order valence-electron chi connectivity index (χ3n) is 5.06. The molecule has 0 spiro atoms. The molecule has 0 atom stereocenters. The summed E-state index contributed by atoms with van der Waals surface area (Å²) in [7, 11) is -3.85. The summed E-state index contributed by atoms with van der Waals surface area (Å²) >= 11 is 0. The summed E-state index contributed by atoms with van der Waals surface area (Å²) in [5.74, 6) is -0.388. The largest absolute Gasteiger partial charge is 0.321 e. The summed E-state index contributed by atoms with van der Waals surface area (Å²) in [5.41, 5.74) is 4.06. The molecule has 4 rings (SSSR count). The number of hydrogen-bond donors (Lipinski definition) is 2. The molecule has 0 saturated heterocycles. The normalized spacial score (nSPS) is 11.0. The molecule has 0 fully saturated rings. The van der Waals surface area contributed by atoms with Gasteiger partial charge in [-0.05, 0) is 48.4 Å². The van der Waals surface area contributed by atoms with E-state index >= 15 is 0 Å². The van der Waals surface area contributed by atoms with Crippen molar-refractivity contribution < 1.29 is 13.2 Å². The topological polar surface area (TPSA) is 75.3 Å². The lowest BCUT2D eigenvalue weighted by Crippen LogP contribution is -2.16. The Morgan fingerprint density at radius 1 is 0.719 bits per heavy atom. The van der Waals surface area contributed by atoms with Crippen LogP contribution in [0.25, 0.3) is 11.1 Å². The van der Waals surface area contributed by atoms with E-state index in [4.69, 9.17) is 0 Å². The van der Waals surface area contributed by atoms with Gasteiger partial charge in [-0.2, -0.15) is 0 Å². The van der Waals surface area contributed by atoms with Gasteiger partial charge in [0.05, 0.1) is 10.6 Å². The number of carbonyl (C=O) groups is 1. The van der Waals surface area contributed by atoms with Crippen LogP contribution in [0.4, 0.5) is 11.4 Å². The van der Waals surface area contributed by atoms with Crippen LogP contribution in [0.3, 0.4) is 0 Å². The number of benzene rings is 4. The number of sulfonamides is 1. The number of hydrogen-bond acceptors (Lipinski definition) is 3. The molecule has 0 saturated carbocycles. The van der Waals surface area contributed by atoms with Crippen LogP contribution < -0.4 is 10.0 Å². The summed E-state index contributed by atoms with van der Waals surface area (Å²) in [6, 6.07) is 30.4. The van der Waals surface area contributed by atoms with Crippen molar-refractivity contribution in [1.29, 1.82) is 0 Å². The molecule has 4 aromatic carbocycles. The highest BCUT2D eigenvalue weighted by Gasteiger charge is 2.18. The van der Waals surface area contributed by atoms with Gasteiger partial charge in [-0.3, -0.25) is 9.52 Å². The van der Waals surface area contributed by atoms with Crippen molar-refractivity contribution in [1.82, 2.24) is 0 Å². The van der Waals surface area contributed by atoms with Crippen molar-refractivity contribution in [2.75, 3.05) is 10.0 Å². The Labute approximate surface area is 187 Å². The lowest BCUT2D eigenvalue weighted by Gasteiger charge is -2.13. The summed E-state index contributed by atoms with van der Waals surface area (Å²) in [6.07, 6.45) is 0. The molecule has 0 bridgehead atoms. The molecule has 32 heavy (non-hydrogen) atoms. The molecule has 4 aromatic rings. The zero-order chi connectivity index (χ0) is 22.6. The van der Waals surface area contributed by atoms with E-state index in [1.807, 2.05) is 73.7 Å². The monoisotopic (exact) mass is 442 g/mol. The maximum atomic E-state index is 13.0. The lowest BCUT2D eigenvalue weighted by molar-refractivity contribution is 0.102. The Bertz CT molecular complexity index is 1370. The Hall–Kier alpha value is -3.90. The van der Waals surface area contributed by atoms with E-state index in [0.717, 1.165) is 16.7 Å². The van der Waals surface area contributed by atoms with E-state index in [0.29, 0.717) is 11.4 Å². The molecule has 0 heterocycles. The number of amides is 1. The van der Waals surface area contributed by atoms with E-state index < -0.39 is 10.0 Å². The minimum absolute atomic E-state index is 0.0183. The van der Waals surface area contributed by atoms with Crippen LogP contribution in [-0.2, 0) is 10.0 Å². The Morgan fingerprint density at radius 2 is 1.38 bits per heavy atom. The molecule has 0 aliphatic carbocycles. The molecule has 0 radical (unpaired) electrons. The smallest absolute Gasteiger partial charge is 0.261 e. The minimum atomic E-state index is -3.85. The number of para-hydroxylation sites is 2. The van der Waals surface area contributed by atoms with Gasteiger partial charge in [0, 0.05) is 16.8 Å². The van der Waals surface area contributed by atoms with Crippen molar-refractivity contribution in [3.8, 4) is 11.1 Å². The maximum absolute atomic E-state index is 13.0. The van der Waals surface area contributed by atoms with Crippen molar-refractivity contribution in [2.24, 2.45) is 0 Å². The van der Waals surface area contributed by atoms with Gasteiger partial charge < -0.3 is 5.32 Å². The molecule has 1 amide bonds. The van der Waals surface area contributed by atoms with Gasteiger partial charge in [0.15, 0.2) is 0 Å². The van der Waals surface area contributed by atoms with Gasteiger partial charge in [0.25, 0.3) is 15.9 Å². The molecular formula is C26H22N2O3S. The van der Waals surface area contributed by atoms with Crippen LogP contribution in [0.5, 0.6) is 0 Å². The van der Waals surface area contributed by atoms with Crippen LogP contribution in [0.2, 0.25) is 0 Å². The highest BCUT2D eigenvalue weighted by atomic mass is 32.2. The number of carbonyl (C=O) groups excluding carboxylic acids is 1. The minimum Gasteiger partial charge on any atom is -0.321 e. The first-order chi connectivity index (χ1) is 15.4. The number of rotatable bonds is 6. The predicted molar refractivity (Wildman–Crippen MR) is 128 cm³/mol. The van der Waals surface area contributed by atoms with Gasteiger partial charge in [-0.1, -0.05) is 72.8 Å². The predicted octanol–water partition coefficient (Wildman–Crippen LogP) is 5.72. The molecular weight excluding hydrogens is 420 g/mol. The van der Waals surface area contributed by atoms with E-state index in [-0.39, 0.29) is 16.4 Å². The fourth-order valence-corrected chi connectivity index (χ4v) is 4.53. The average molecular weight is 443 g/mol. The fraction of sp³-hybridized carbons (Fsp3) is 0.0385. The molecule has 6 heteroatoms. The molecule has 2 N–H and O–H groups in total. The van der Waals surface area contributed by atoms with Crippen LogP contribution in [0.15, 0.2) is 108 Å². The first-order valence-corrected chi connectivity index (χ1v) is 11.6. The zero-order valence-corrected chi connectivity index (χ0v) is 18.3. The second kappa shape index (κ2) is 9.08. The first kappa shape index (κ1) is 21.3. The second-order valence-corrected chi connectivity index (χ2v) is 9.00. The zero-order valence-electron chi connectivity index (χ0n) is 17.4. The van der Waals surface area contributed by atoms with E-state index in [2.05, 4.69) is 10.0 Å². The number of nitrogens with one attached hydrogen (secondary N) is 2. The van der Waals surface area contributed by atoms with Crippen molar-refractivity contribution in [2.45, 2.75) is 11.8 Å². The van der Waals surface area contributed by atoms with Crippen LogP contribution in [0.1, 0.15) is 15.9 Å². The quantitative estimate of drug-likeness (QED) is 0.401. The Morgan fingerprint density at radius 3 is 2.12 bits per heavy atom. The van der Waals surface area contributed by atoms with Crippen LogP contribution in [-0.4, -0.2) is 14.3 Å². The molecule has 160 valence electrons. The van der Waals surface area contributed by atoms with Crippen molar-refractivity contribution in [3.63, 3.8) is 0 Å². The van der Waals surface area contributed by atoms with Gasteiger partial charge in [0.2, 0.25) is 0 Å². The molecule has 0 unspecified atom stereocenters. The van der Waals surface area contributed by atoms with Gasteiger partial charge in [0.1, 0.15) is 0 Å². The van der Waals surface area contributed by atoms with Gasteiger partial charge >= 0.3 is 0 Å². The van der Waals surface area contributed by atoms with Crippen molar-refractivity contribution in [3.05, 3.63) is 114 Å². The van der Waals surface area contributed by atoms with Crippen LogP contribution in [0, 0.1) is 6.92 Å². The SMILES string of the molecule is Cc1ccccc1NS(=O)(=O)c1cccc(C(=O)Nc2ccccc2-c2ccccc2)c1. The average Bonchev–Trinajstić information content (AvgIpc) is 2.81.